The van der Waals surface area contributed by atoms with Crippen LogP contribution in [-0.2, 0) is 0 Å². The summed E-state index contributed by atoms with van der Waals surface area (Å²) in [5, 5.41) is 0.684. The molecule has 1 aromatic carbocycles. The van der Waals surface area contributed by atoms with E-state index in [1.165, 1.54) is 12.8 Å². The van der Waals surface area contributed by atoms with E-state index in [1.807, 2.05) is 18.2 Å². The first kappa shape index (κ1) is 12.7. The molecule has 2 rings (SSSR count). The molecular formula is C13H17ClN2S. The molecule has 2 N–H and O–H groups in total. The van der Waals surface area contributed by atoms with Crippen molar-refractivity contribution in [3.05, 3.63) is 28.8 Å². The van der Waals surface area contributed by atoms with Crippen molar-refractivity contribution in [2.75, 3.05) is 11.4 Å². The average Bonchev–Trinajstić information content (AvgIpc) is 2.76. The van der Waals surface area contributed by atoms with Crippen molar-refractivity contribution < 1.29 is 0 Å². The van der Waals surface area contributed by atoms with Crippen molar-refractivity contribution in [3.63, 3.8) is 0 Å². The lowest BCUT2D eigenvalue weighted by Gasteiger charge is -2.28. The van der Waals surface area contributed by atoms with Crippen molar-refractivity contribution in [2.45, 2.75) is 32.2 Å². The standard InChI is InChI=1S/C13H17ClN2S/c1-2-10-4-3-7-16(10)12-6-5-9(14)8-11(12)13(15)17/h5-6,8,10H,2-4,7H2,1H3,(H2,15,17). The van der Waals surface area contributed by atoms with Crippen LogP contribution in [0.1, 0.15) is 31.7 Å². The maximum atomic E-state index is 6.00. The predicted octanol–water partition coefficient (Wildman–Crippen LogP) is 3.35. The van der Waals surface area contributed by atoms with E-state index in [0.29, 0.717) is 16.1 Å². The Labute approximate surface area is 113 Å². The highest BCUT2D eigenvalue weighted by atomic mass is 35.5. The van der Waals surface area contributed by atoms with Crippen LogP contribution in [0.2, 0.25) is 5.02 Å². The highest BCUT2D eigenvalue weighted by Crippen LogP contribution is 2.31. The van der Waals surface area contributed by atoms with Crippen LogP contribution in [0.15, 0.2) is 18.2 Å². The molecule has 0 aromatic heterocycles. The van der Waals surface area contributed by atoms with Crippen molar-refractivity contribution in [2.24, 2.45) is 5.73 Å². The summed E-state index contributed by atoms with van der Waals surface area (Å²) >= 11 is 11.1. The quantitative estimate of drug-likeness (QED) is 0.853. The largest absolute Gasteiger partial charge is 0.389 e. The Morgan fingerprint density at radius 2 is 2.35 bits per heavy atom. The van der Waals surface area contributed by atoms with Gasteiger partial charge in [0.1, 0.15) is 4.99 Å². The van der Waals surface area contributed by atoms with Crippen LogP contribution < -0.4 is 10.6 Å². The molecule has 1 aliphatic heterocycles. The molecule has 0 aliphatic carbocycles. The minimum Gasteiger partial charge on any atom is -0.389 e. The minimum absolute atomic E-state index is 0.421. The predicted molar refractivity (Wildman–Crippen MR) is 78.0 cm³/mol. The summed E-state index contributed by atoms with van der Waals surface area (Å²) in [6, 6.07) is 6.41. The van der Waals surface area contributed by atoms with Gasteiger partial charge in [-0.15, -0.1) is 0 Å². The van der Waals surface area contributed by atoms with Crippen molar-refractivity contribution >= 4 is 34.5 Å². The Bertz CT molecular complexity index is 433. The number of anilines is 1. The Morgan fingerprint density at radius 3 is 3.00 bits per heavy atom. The second kappa shape index (κ2) is 5.23. The molecule has 1 saturated heterocycles. The van der Waals surface area contributed by atoms with Gasteiger partial charge in [0.25, 0.3) is 0 Å². The number of thiocarbonyl (C=S) groups is 1. The molecule has 1 fully saturated rings. The van der Waals surface area contributed by atoms with Gasteiger partial charge in [0, 0.05) is 28.9 Å². The SMILES string of the molecule is CCC1CCCN1c1ccc(Cl)cc1C(N)=S. The summed E-state index contributed by atoms with van der Waals surface area (Å²) in [7, 11) is 0. The average molecular weight is 269 g/mol. The molecule has 1 aromatic rings. The van der Waals surface area contributed by atoms with Crippen LogP contribution in [0.5, 0.6) is 0 Å². The summed E-state index contributed by atoms with van der Waals surface area (Å²) in [6.07, 6.45) is 3.63. The Hall–Kier alpha value is -0.800. The first-order valence-electron chi connectivity index (χ1n) is 5.99. The molecule has 0 saturated carbocycles. The molecule has 0 amide bonds. The first-order chi connectivity index (χ1) is 8.13. The molecule has 0 radical (unpaired) electrons. The number of rotatable bonds is 3. The van der Waals surface area contributed by atoms with E-state index in [0.717, 1.165) is 24.2 Å². The molecule has 4 heteroatoms. The second-order valence-corrected chi connectivity index (χ2v) is 5.30. The van der Waals surface area contributed by atoms with Crippen LogP contribution in [-0.4, -0.2) is 17.6 Å². The van der Waals surface area contributed by atoms with Crippen LogP contribution in [0.3, 0.4) is 0 Å². The Kier molecular flexibility index (Phi) is 3.89. The fourth-order valence-corrected chi connectivity index (χ4v) is 2.87. The topological polar surface area (TPSA) is 29.3 Å². The van der Waals surface area contributed by atoms with Crippen LogP contribution in [0.4, 0.5) is 5.69 Å². The lowest BCUT2D eigenvalue weighted by molar-refractivity contribution is 0.645. The van der Waals surface area contributed by atoms with E-state index in [4.69, 9.17) is 29.6 Å². The zero-order valence-electron chi connectivity index (χ0n) is 9.95. The van der Waals surface area contributed by atoms with Gasteiger partial charge >= 0.3 is 0 Å². The smallest absolute Gasteiger partial charge is 0.106 e. The molecule has 0 spiro atoms. The molecule has 92 valence electrons. The summed E-state index contributed by atoms with van der Waals surface area (Å²) in [5.41, 5.74) is 7.81. The van der Waals surface area contributed by atoms with Crippen molar-refractivity contribution in [1.82, 2.24) is 0 Å². The van der Waals surface area contributed by atoms with Gasteiger partial charge in [-0.25, -0.2) is 0 Å². The number of nitrogens with two attached hydrogens (primary N) is 1. The number of hydrogen-bond donors (Lipinski definition) is 1. The summed E-state index contributed by atoms with van der Waals surface area (Å²) < 4.78 is 0. The maximum Gasteiger partial charge on any atom is 0.106 e. The zero-order valence-corrected chi connectivity index (χ0v) is 11.5. The molecule has 1 heterocycles. The molecule has 17 heavy (non-hydrogen) atoms. The molecule has 2 nitrogen and oxygen atoms in total. The fourth-order valence-electron chi connectivity index (χ4n) is 2.53. The third kappa shape index (κ3) is 2.55. The summed E-state index contributed by atoms with van der Waals surface area (Å²) in [5.74, 6) is 0. The van der Waals surface area contributed by atoms with Gasteiger partial charge in [-0.3, -0.25) is 0 Å². The van der Waals surface area contributed by atoms with E-state index in [-0.39, 0.29) is 0 Å². The first-order valence-corrected chi connectivity index (χ1v) is 6.78. The highest BCUT2D eigenvalue weighted by Gasteiger charge is 2.25. The van der Waals surface area contributed by atoms with Gasteiger partial charge in [0.15, 0.2) is 0 Å². The van der Waals surface area contributed by atoms with E-state index in [1.54, 1.807) is 0 Å². The van der Waals surface area contributed by atoms with Crippen LogP contribution >= 0.6 is 23.8 Å². The van der Waals surface area contributed by atoms with Crippen LogP contribution in [0.25, 0.3) is 0 Å². The van der Waals surface area contributed by atoms with Crippen LogP contribution in [0, 0.1) is 0 Å². The van der Waals surface area contributed by atoms with E-state index < -0.39 is 0 Å². The van der Waals surface area contributed by atoms with Gasteiger partial charge in [-0.2, -0.15) is 0 Å². The number of nitrogens with zero attached hydrogens (tertiary/aromatic N) is 1. The van der Waals surface area contributed by atoms with E-state index in [2.05, 4.69) is 11.8 Å². The van der Waals surface area contributed by atoms with Crippen molar-refractivity contribution in [3.8, 4) is 0 Å². The van der Waals surface area contributed by atoms with Gasteiger partial charge in [-0.05, 0) is 37.5 Å². The molecule has 1 aliphatic rings. The molecular weight excluding hydrogens is 252 g/mol. The third-order valence-corrected chi connectivity index (χ3v) is 3.84. The van der Waals surface area contributed by atoms with E-state index in [9.17, 15) is 0 Å². The van der Waals surface area contributed by atoms with Gasteiger partial charge in [0.05, 0.1) is 0 Å². The monoisotopic (exact) mass is 268 g/mol. The second-order valence-electron chi connectivity index (χ2n) is 4.42. The number of benzene rings is 1. The Balaban J connectivity index is 2.40. The number of halogens is 1. The van der Waals surface area contributed by atoms with Gasteiger partial charge < -0.3 is 10.6 Å². The molecule has 1 atom stereocenters. The zero-order chi connectivity index (χ0) is 12.4. The minimum atomic E-state index is 0.421. The summed E-state index contributed by atoms with van der Waals surface area (Å²) in [4.78, 5) is 2.83. The lowest BCUT2D eigenvalue weighted by atomic mass is 10.1. The molecule has 0 bridgehead atoms. The normalized spacial score (nSPS) is 19.6. The number of hydrogen-bond acceptors (Lipinski definition) is 2. The van der Waals surface area contributed by atoms with Gasteiger partial charge in [-0.1, -0.05) is 30.7 Å². The lowest BCUT2D eigenvalue weighted by Crippen LogP contribution is -2.30. The maximum absolute atomic E-state index is 6.00. The summed E-state index contributed by atoms with van der Waals surface area (Å²) in [6.45, 7) is 3.30. The van der Waals surface area contributed by atoms with Crippen molar-refractivity contribution in [1.29, 1.82) is 0 Å². The Morgan fingerprint density at radius 1 is 1.59 bits per heavy atom. The highest BCUT2D eigenvalue weighted by molar-refractivity contribution is 7.80. The molecule has 1 unspecified atom stereocenters. The third-order valence-electron chi connectivity index (χ3n) is 3.38. The van der Waals surface area contributed by atoms with Gasteiger partial charge in [0.2, 0.25) is 0 Å². The van der Waals surface area contributed by atoms with E-state index >= 15 is 0 Å². The fraction of sp³-hybridized carbons (Fsp3) is 0.462.